The van der Waals surface area contributed by atoms with E-state index in [9.17, 15) is 9.18 Å². The molecule has 0 amide bonds. The molecule has 0 aliphatic heterocycles. The third-order valence-electron chi connectivity index (χ3n) is 2.76. The summed E-state index contributed by atoms with van der Waals surface area (Å²) in [5, 5.41) is 9.24. The Labute approximate surface area is 105 Å². The van der Waals surface area contributed by atoms with Gasteiger partial charge in [0.15, 0.2) is 0 Å². The molecular weight excluding hydrogens is 245 g/mol. The first kappa shape index (κ1) is 13.8. The molecule has 1 aromatic carbocycles. The van der Waals surface area contributed by atoms with Crippen LogP contribution >= 0.6 is 11.6 Å². The van der Waals surface area contributed by atoms with E-state index in [2.05, 4.69) is 0 Å². The molecule has 0 spiro atoms. The van der Waals surface area contributed by atoms with E-state index < -0.39 is 17.3 Å². The third kappa shape index (κ3) is 3.33. The van der Waals surface area contributed by atoms with Crippen LogP contribution in [0.2, 0.25) is 5.02 Å². The molecule has 0 fully saturated rings. The highest BCUT2D eigenvalue weighted by Gasteiger charge is 2.28. The SMILES string of the molecule is CN(c1cc(Cl)ccc1F)C(C)(C)CC(=O)O. The third-order valence-corrected chi connectivity index (χ3v) is 3.00. The van der Waals surface area contributed by atoms with Gasteiger partial charge in [0.05, 0.1) is 12.1 Å². The fraction of sp³-hybridized carbons (Fsp3) is 0.417. The Balaban J connectivity index is 3.06. The van der Waals surface area contributed by atoms with E-state index in [4.69, 9.17) is 16.7 Å². The minimum absolute atomic E-state index is 0.0878. The van der Waals surface area contributed by atoms with Crippen molar-refractivity contribution in [1.29, 1.82) is 0 Å². The first-order chi connectivity index (χ1) is 7.74. The van der Waals surface area contributed by atoms with Gasteiger partial charge in [-0.05, 0) is 32.0 Å². The van der Waals surface area contributed by atoms with Crippen LogP contribution in [0.15, 0.2) is 18.2 Å². The average Bonchev–Trinajstić information content (AvgIpc) is 2.18. The fourth-order valence-electron chi connectivity index (χ4n) is 1.56. The highest BCUT2D eigenvalue weighted by Crippen LogP contribution is 2.29. The van der Waals surface area contributed by atoms with Gasteiger partial charge < -0.3 is 10.0 Å². The van der Waals surface area contributed by atoms with Crippen LogP contribution in [0.1, 0.15) is 20.3 Å². The van der Waals surface area contributed by atoms with E-state index >= 15 is 0 Å². The summed E-state index contributed by atoms with van der Waals surface area (Å²) in [4.78, 5) is 12.3. The maximum atomic E-state index is 13.6. The fourth-order valence-corrected chi connectivity index (χ4v) is 1.72. The van der Waals surface area contributed by atoms with Gasteiger partial charge in [-0.1, -0.05) is 11.6 Å². The molecule has 0 bridgehead atoms. The number of halogens is 2. The molecule has 0 unspecified atom stereocenters. The predicted octanol–water partition coefficient (Wildman–Crippen LogP) is 3.17. The molecule has 17 heavy (non-hydrogen) atoms. The van der Waals surface area contributed by atoms with Crippen LogP contribution in [0.25, 0.3) is 0 Å². The predicted molar refractivity (Wildman–Crippen MR) is 66.1 cm³/mol. The monoisotopic (exact) mass is 259 g/mol. The van der Waals surface area contributed by atoms with E-state index in [-0.39, 0.29) is 6.42 Å². The summed E-state index contributed by atoms with van der Waals surface area (Å²) in [5.41, 5.74) is -0.402. The van der Waals surface area contributed by atoms with E-state index in [0.717, 1.165) is 0 Å². The highest BCUT2D eigenvalue weighted by molar-refractivity contribution is 6.30. The lowest BCUT2D eigenvalue weighted by molar-refractivity contribution is -0.138. The quantitative estimate of drug-likeness (QED) is 0.903. The number of nitrogens with zero attached hydrogens (tertiary/aromatic N) is 1. The van der Waals surface area contributed by atoms with Gasteiger partial charge in [-0.3, -0.25) is 4.79 Å². The normalized spacial score (nSPS) is 11.4. The van der Waals surface area contributed by atoms with Crippen molar-refractivity contribution in [3.8, 4) is 0 Å². The molecule has 1 rings (SSSR count). The van der Waals surface area contributed by atoms with Crippen molar-refractivity contribution < 1.29 is 14.3 Å². The standard InChI is InChI=1S/C12H15ClFNO2/c1-12(2,7-11(16)17)15(3)10-6-8(13)4-5-9(10)14/h4-6H,7H2,1-3H3,(H,16,17). The van der Waals surface area contributed by atoms with Gasteiger partial charge in [0.1, 0.15) is 5.82 Å². The maximum Gasteiger partial charge on any atom is 0.305 e. The minimum atomic E-state index is -0.927. The Morgan fingerprint density at radius 3 is 2.65 bits per heavy atom. The number of carbonyl (C=O) groups is 1. The lowest BCUT2D eigenvalue weighted by Gasteiger charge is -2.36. The Kier molecular flexibility index (Phi) is 3.98. The van der Waals surface area contributed by atoms with E-state index in [1.165, 1.54) is 18.2 Å². The molecule has 3 nitrogen and oxygen atoms in total. The van der Waals surface area contributed by atoms with Crippen LogP contribution < -0.4 is 4.90 Å². The zero-order valence-electron chi connectivity index (χ0n) is 10.00. The topological polar surface area (TPSA) is 40.5 Å². The molecule has 0 saturated carbocycles. The van der Waals surface area contributed by atoms with Crippen molar-refractivity contribution in [2.24, 2.45) is 0 Å². The number of hydrogen-bond donors (Lipinski definition) is 1. The maximum absolute atomic E-state index is 13.6. The Hall–Kier alpha value is -1.29. The largest absolute Gasteiger partial charge is 0.481 e. The van der Waals surface area contributed by atoms with Crippen LogP contribution in [-0.4, -0.2) is 23.7 Å². The van der Waals surface area contributed by atoms with Gasteiger partial charge in [-0.25, -0.2) is 4.39 Å². The van der Waals surface area contributed by atoms with Crippen molar-refractivity contribution in [2.75, 3.05) is 11.9 Å². The first-order valence-corrected chi connectivity index (χ1v) is 5.52. The van der Waals surface area contributed by atoms with Gasteiger partial charge in [0, 0.05) is 17.6 Å². The Morgan fingerprint density at radius 1 is 1.53 bits per heavy atom. The molecule has 1 N–H and O–H groups in total. The van der Waals surface area contributed by atoms with Gasteiger partial charge in [0.2, 0.25) is 0 Å². The van der Waals surface area contributed by atoms with Gasteiger partial charge >= 0.3 is 5.97 Å². The van der Waals surface area contributed by atoms with Crippen LogP contribution in [0, 0.1) is 5.82 Å². The number of carboxylic acids is 1. The highest BCUT2D eigenvalue weighted by atomic mass is 35.5. The zero-order chi connectivity index (χ0) is 13.2. The average molecular weight is 260 g/mol. The van der Waals surface area contributed by atoms with Gasteiger partial charge in [-0.2, -0.15) is 0 Å². The van der Waals surface area contributed by atoms with E-state index in [1.54, 1.807) is 25.8 Å². The summed E-state index contributed by atoms with van der Waals surface area (Å²) in [5.74, 6) is -1.35. The Bertz CT molecular complexity index is 435. The van der Waals surface area contributed by atoms with Crippen LogP contribution in [0.4, 0.5) is 10.1 Å². The number of carboxylic acid groups (broad SMARTS) is 1. The summed E-state index contributed by atoms with van der Waals surface area (Å²) in [6.07, 6.45) is -0.0878. The molecule has 5 heteroatoms. The van der Waals surface area contributed by atoms with Gasteiger partial charge in [-0.15, -0.1) is 0 Å². The first-order valence-electron chi connectivity index (χ1n) is 5.15. The summed E-state index contributed by atoms with van der Waals surface area (Å²) >= 11 is 5.81. The lowest BCUT2D eigenvalue weighted by atomic mass is 9.98. The second-order valence-electron chi connectivity index (χ2n) is 4.54. The lowest BCUT2D eigenvalue weighted by Crippen LogP contribution is -2.43. The summed E-state index contributed by atoms with van der Waals surface area (Å²) < 4.78 is 13.6. The zero-order valence-corrected chi connectivity index (χ0v) is 10.8. The van der Waals surface area contributed by atoms with Crippen LogP contribution in [-0.2, 0) is 4.79 Å². The number of hydrogen-bond acceptors (Lipinski definition) is 2. The van der Waals surface area contributed by atoms with E-state index in [0.29, 0.717) is 10.7 Å². The second-order valence-corrected chi connectivity index (χ2v) is 4.97. The van der Waals surface area contributed by atoms with Crippen LogP contribution in [0.5, 0.6) is 0 Å². The molecule has 0 atom stereocenters. The van der Waals surface area contributed by atoms with Crippen molar-refractivity contribution in [3.63, 3.8) is 0 Å². The minimum Gasteiger partial charge on any atom is -0.481 e. The molecule has 0 aliphatic carbocycles. The Morgan fingerprint density at radius 2 is 2.12 bits per heavy atom. The molecule has 0 radical (unpaired) electrons. The summed E-state index contributed by atoms with van der Waals surface area (Å²) in [6.45, 7) is 3.48. The molecule has 94 valence electrons. The van der Waals surface area contributed by atoms with Crippen LogP contribution in [0.3, 0.4) is 0 Å². The second kappa shape index (κ2) is 4.92. The molecule has 0 saturated heterocycles. The van der Waals surface area contributed by atoms with E-state index in [1.807, 2.05) is 0 Å². The molecule has 0 aliphatic rings. The van der Waals surface area contributed by atoms with Crippen molar-refractivity contribution >= 4 is 23.3 Å². The van der Waals surface area contributed by atoms with Crippen molar-refractivity contribution in [1.82, 2.24) is 0 Å². The van der Waals surface area contributed by atoms with Gasteiger partial charge in [0.25, 0.3) is 0 Å². The van der Waals surface area contributed by atoms with Crippen molar-refractivity contribution in [3.05, 3.63) is 29.0 Å². The number of anilines is 1. The summed E-state index contributed by atoms with van der Waals surface area (Å²) in [7, 11) is 1.65. The molecular formula is C12H15ClFNO2. The number of aliphatic carboxylic acids is 1. The number of benzene rings is 1. The number of rotatable bonds is 4. The smallest absolute Gasteiger partial charge is 0.305 e. The summed E-state index contributed by atoms with van der Waals surface area (Å²) in [6, 6.07) is 4.21. The molecule has 0 aromatic heterocycles. The molecule has 1 aromatic rings. The molecule has 0 heterocycles. The van der Waals surface area contributed by atoms with Crippen molar-refractivity contribution in [2.45, 2.75) is 25.8 Å².